The van der Waals surface area contributed by atoms with Crippen LogP contribution < -0.4 is 5.73 Å². The Morgan fingerprint density at radius 1 is 1.38 bits per heavy atom. The Kier molecular flexibility index (Phi) is 5.19. The van der Waals surface area contributed by atoms with Gasteiger partial charge in [-0.15, -0.1) is 0 Å². The van der Waals surface area contributed by atoms with Gasteiger partial charge in [0, 0.05) is 18.2 Å². The van der Waals surface area contributed by atoms with Crippen molar-refractivity contribution >= 4 is 17.5 Å². The number of Topliss-reactive ketones (excluding diaryl/α,β-unsaturated/α-hetero) is 1. The van der Waals surface area contributed by atoms with Crippen LogP contribution in [0.15, 0.2) is 35.5 Å². The number of nitrogens with two attached hydrogens (primary N) is 1. The fourth-order valence-corrected chi connectivity index (χ4v) is 4.03. The lowest BCUT2D eigenvalue weighted by atomic mass is 9.81. The highest BCUT2D eigenvalue weighted by atomic mass is 19.2. The van der Waals surface area contributed by atoms with Crippen LogP contribution in [0.25, 0.3) is 4.85 Å². The summed E-state index contributed by atoms with van der Waals surface area (Å²) >= 11 is 0. The maximum Gasteiger partial charge on any atom is 0.283 e. The summed E-state index contributed by atoms with van der Waals surface area (Å²) in [6, 6.07) is 5.03. The molecular weight excluding hydrogens is 421 g/mol. The van der Waals surface area contributed by atoms with Crippen molar-refractivity contribution in [2.24, 2.45) is 10.7 Å². The number of aliphatic imine (C=N–C) groups is 1. The average Bonchev–Trinajstić information content (AvgIpc) is 3.50. The molecule has 2 heterocycles. The summed E-state index contributed by atoms with van der Waals surface area (Å²) < 4.78 is 50.1. The number of nitrogens with zero attached hydrogens (tertiary/aromatic N) is 3. The van der Waals surface area contributed by atoms with Gasteiger partial charge in [-0.25, -0.2) is 23.0 Å². The van der Waals surface area contributed by atoms with Crippen LogP contribution in [-0.4, -0.2) is 34.7 Å². The number of amidine groups is 1. The van der Waals surface area contributed by atoms with Crippen LogP contribution in [0.5, 0.6) is 0 Å². The SMILES string of the molecule is [C-]#[N+]c1cnc(C(=O)Cc2ccc(F)c([C@@]3(C)N=C(N)O[C@H](C4(F)CC4)[C@@H]3F)c2)c(C)c1. The van der Waals surface area contributed by atoms with Gasteiger partial charge in [-0.3, -0.25) is 9.78 Å². The number of alkyl halides is 2. The van der Waals surface area contributed by atoms with Crippen molar-refractivity contribution < 1.29 is 22.7 Å². The summed E-state index contributed by atoms with van der Waals surface area (Å²) in [7, 11) is 0. The molecule has 1 aromatic heterocycles. The highest BCUT2D eigenvalue weighted by molar-refractivity contribution is 5.97. The largest absolute Gasteiger partial charge is 0.455 e. The number of benzene rings is 1. The molecule has 2 aliphatic rings. The molecular formula is C23H21F3N4O2. The predicted octanol–water partition coefficient (Wildman–Crippen LogP) is 4.27. The first-order chi connectivity index (χ1) is 15.1. The fraction of sp³-hybridized carbons (Fsp3) is 0.391. The van der Waals surface area contributed by atoms with E-state index in [0.29, 0.717) is 16.8 Å². The van der Waals surface area contributed by atoms with E-state index in [1.807, 2.05) is 0 Å². The number of pyridine rings is 1. The van der Waals surface area contributed by atoms with Crippen LogP contribution in [0.2, 0.25) is 0 Å². The van der Waals surface area contributed by atoms with E-state index in [2.05, 4.69) is 14.8 Å². The zero-order valence-electron chi connectivity index (χ0n) is 17.5. The van der Waals surface area contributed by atoms with Crippen molar-refractivity contribution in [2.75, 3.05) is 0 Å². The van der Waals surface area contributed by atoms with E-state index in [1.165, 1.54) is 25.3 Å². The van der Waals surface area contributed by atoms with Gasteiger partial charge in [0.05, 0.1) is 6.57 Å². The molecule has 0 spiro atoms. The van der Waals surface area contributed by atoms with Crippen molar-refractivity contribution in [2.45, 2.75) is 56.6 Å². The molecule has 1 aromatic carbocycles. The molecule has 1 aliphatic heterocycles. The fourth-order valence-electron chi connectivity index (χ4n) is 4.03. The Balaban J connectivity index is 1.66. The van der Waals surface area contributed by atoms with Gasteiger partial charge < -0.3 is 10.5 Å². The minimum absolute atomic E-state index is 0.127. The van der Waals surface area contributed by atoms with E-state index in [1.54, 1.807) is 13.0 Å². The molecule has 9 heteroatoms. The quantitative estimate of drug-likeness (QED) is 0.554. The summed E-state index contributed by atoms with van der Waals surface area (Å²) in [5.41, 5.74) is 3.36. The smallest absolute Gasteiger partial charge is 0.283 e. The van der Waals surface area contributed by atoms with E-state index < -0.39 is 35.3 Å². The molecule has 3 atom stereocenters. The zero-order valence-corrected chi connectivity index (χ0v) is 17.5. The Labute approximate surface area is 183 Å². The molecule has 4 rings (SSSR count). The minimum atomic E-state index is -1.98. The van der Waals surface area contributed by atoms with Gasteiger partial charge in [0.15, 0.2) is 23.7 Å². The number of aromatic nitrogens is 1. The third-order valence-corrected chi connectivity index (χ3v) is 6.03. The number of rotatable bonds is 5. The standard InChI is InChI=1S/C23H21F3N4O2/c1-12-8-14(28-3)11-29-18(12)17(31)10-13-4-5-16(24)15(9-13)22(2)19(25)20(23(26)6-7-23)32-21(27)30-22/h4-5,8-9,11,19-20H,6-7,10H2,1-2H3,(H2,27,30)/t19-,20-,22+/m0/s1. The highest BCUT2D eigenvalue weighted by Gasteiger charge is 2.62. The lowest BCUT2D eigenvalue weighted by Crippen LogP contribution is -2.54. The number of carbonyl (C=O) groups is 1. The van der Waals surface area contributed by atoms with Crippen LogP contribution in [-0.2, 0) is 16.7 Å². The van der Waals surface area contributed by atoms with Crippen molar-refractivity contribution in [1.29, 1.82) is 0 Å². The zero-order chi connectivity index (χ0) is 23.3. The molecule has 0 saturated heterocycles. The van der Waals surface area contributed by atoms with E-state index in [0.717, 1.165) is 6.07 Å². The first-order valence-electron chi connectivity index (χ1n) is 10.1. The maximum absolute atomic E-state index is 15.5. The lowest BCUT2D eigenvalue weighted by molar-refractivity contribution is -0.0388. The van der Waals surface area contributed by atoms with Crippen molar-refractivity contribution in [1.82, 2.24) is 4.98 Å². The van der Waals surface area contributed by atoms with Crippen LogP contribution >= 0.6 is 0 Å². The topological polar surface area (TPSA) is 81.9 Å². The van der Waals surface area contributed by atoms with Gasteiger partial charge in [-0.05, 0) is 56.0 Å². The third-order valence-electron chi connectivity index (χ3n) is 6.03. The number of aryl methyl sites for hydroxylation is 1. The normalized spacial score (nSPS) is 25.9. The minimum Gasteiger partial charge on any atom is -0.455 e. The lowest BCUT2D eigenvalue weighted by Gasteiger charge is -2.39. The molecule has 1 fully saturated rings. The first-order valence-corrected chi connectivity index (χ1v) is 10.1. The Hall–Kier alpha value is -3.41. The van der Waals surface area contributed by atoms with E-state index in [4.69, 9.17) is 17.0 Å². The molecule has 6 nitrogen and oxygen atoms in total. The van der Waals surface area contributed by atoms with Gasteiger partial charge in [0.25, 0.3) is 6.02 Å². The first kappa shape index (κ1) is 21.8. The number of ketones is 1. The summed E-state index contributed by atoms with van der Waals surface area (Å²) in [5, 5.41) is 0. The van der Waals surface area contributed by atoms with E-state index in [-0.39, 0.29) is 36.3 Å². The molecule has 2 aromatic rings. The second-order valence-electron chi connectivity index (χ2n) is 8.46. The van der Waals surface area contributed by atoms with Crippen LogP contribution in [0.3, 0.4) is 0 Å². The number of ether oxygens (including phenoxy) is 1. The summed E-state index contributed by atoms with van der Waals surface area (Å²) in [6.45, 7) is 10.0. The van der Waals surface area contributed by atoms with Gasteiger partial charge >= 0.3 is 0 Å². The molecule has 0 amide bonds. The number of carbonyl (C=O) groups excluding carboxylic acids is 1. The molecule has 0 bridgehead atoms. The maximum atomic E-state index is 15.5. The molecule has 1 saturated carbocycles. The van der Waals surface area contributed by atoms with Crippen LogP contribution in [0, 0.1) is 19.3 Å². The molecule has 166 valence electrons. The second kappa shape index (κ2) is 7.62. The predicted molar refractivity (Wildman–Crippen MR) is 111 cm³/mol. The number of hydrogen-bond acceptors (Lipinski definition) is 5. The molecule has 2 N–H and O–H groups in total. The number of halogens is 3. The van der Waals surface area contributed by atoms with Crippen LogP contribution in [0.1, 0.15) is 46.9 Å². The summed E-state index contributed by atoms with van der Waals surface area (Å²) in [5.74, 6) is -1.09. The van der Waals surface area contributed by atoms with Gasteiger partial charge in [0.1, 0.15) is 17.1 Å². The van der Waals surface area contributed by atoms with Crippen molar-refractivity contribution in [3.63, 3.8) is 0 Å². The highest BCUT2D eigenvalue weighted by Crippen LogP contribution is 2.51. The molecule has 1 aliphatic carbocycles. The van der Waals surface area contributed by atoms with Gasteiger partial charge in [0.2, 0.25) is 5.69 Å². The van der Waals surface area contributed by atoms with Gasteiger partial charge in [-0.1, -0.05) is 6.07 Å². The molecule has 0 unspecified atom stereocenters. The molecule has 32 heavy (non-hydrogen) atoms. The molecule has 0 radical (unpaired) electrons. The van der Waals surface area contributed by atoms with Crippen molar-refractivity contribution in [3.8, 4) is 0 Å². The Morgan fingerprint density at radius 2 is 2.09 bits per heavy atom. The monoisotopic (exact) mass is 442 g/mol. The average molecular weight is 442 g/mol. The second-order valence-corrected chi connectivity index (χ2v) is 8.46. The third kappa shape index (κ3) is 3.70. The number of hydrogen-bond donors (Lipinski definition) is 1. The van der Waals surface area contributed by atoms with E-state index in [9.17, 15) is 13.6 Å². The van der Waals surface area contributed by atoms with E-state index >= 15 is 4.39 Å². The Bertz CT molecular complexity index is 1170. The van der Waals surface area contributed by atoms with Gasteiger partial charge in [-0.2, -0.15) is 0 Å². The summed E-state index contributed by atoms with van der Waals surface area (Å²) in [6.07, 6.45) is -2.01. The Morgan fingerprint density at radius 3 is 2.72 bits per heavy atom. The van der Waals surface area contributed by atoms with Crippen molar-refractivity contribution in [3.05, 3.63) is 70.1 Å². The summed E-state index contributed by atoms with van der Waals surface area (Å²) in [4.78, 5) is 24.1. The van der Waals surface area contributed by atoms with Crippen LogP contribution in [0.4, 0.5) is 18.9 Å².